The van der Waals surface area contributed by atoms with Crippen LogP contribution in [0, 0.1) is 0 Å². The van der Waals surface area contributed by atoms with Gasteiger partial charge in [0.05, 0.1) is 5.56 Å². The Morgan fingerprint density at radius 2 is 1.64 bits per heavy atom. The van der Waals surface area contributed by atoms with Crippen LogP contribution in [0.15, 0.2) is 54.6 Å². The van der Waals surface area contributed by atoms with Crippen LogP contribution in [0.4, 0.5) is 4.79 Å². The summed E-state index contributed by atoms with van der Waals surface area (Å²) in [6, 6.07) is 16.2. The second kappa shape index (κ2) is 8.63. The summed E-state index contributed by atoms with van der Waals surface area (Å²) in [7, 11) is 1.39. The van der Waals surface area contributed by atoms with Crippen molar-refractivity contribution in [2.45, 2.75) is 19.4 Å². The maximum Gasteiger partial charge on any atom is 0.339 e. The molecule has 0 saturated heterocycles. The molecular weight excluding hydrogens is 320 g/mol. The molecule has 0 aromatic heterocycles. The molecule has 2 N–H and O–H groups in total. The number of ether oxygens (including phenoxy) is 1. The molecule has 0 bridgehead atoms. The quantitative estimate of drug-likeness (QED) is 0.818. The fraction of sp³-hybridized carbons (Fsp3) is 0.211. The fourth-order valence-corrected chi connectivity index (χ4v) is 2.24. The Balaban J connectivity index is 2.09. The molecule has 2 aromatic carbocycles. The first kappa shape index (κ1) is 18.2. The normalized spacial score (nSPS) is 11.3. The first-order valence-electron chi connectivity index (χ1n) is 7.86. The third kappa shape index (κ3) is 5.17. The summed E-state index contributed by atoms with van der Waals surface area (Å²) < 4.78 is 5.19. The van der Waals surface area contributed by atoms with Gasteiger partial charge < -0.3 is 10.1 Å². The molecule has 0 spiro atoms. The third-order valence-electron chi connectivity index (χ3n) is 3.59. The molecule has 6 nitrogen and oxygen atoms in total. The van der Waals surface area contributed by atoms with E-state index in [1.807, 2.05) is 42.5 Å². The molecule has 0 aliphatic rings. The van der Waals surface area contributed by atoms with Crippen molar-refractivity contribution in [3.63, 3.8) is 0 Å². The van der Waals surface area contributed by atoms with Crippen molar-refractivity contribution in [2.75, 3.05) is 7.05 Å². The molecule has 2 aromatic rings. The lowest BCUT2D eigenvalue weighted by Crippen LogP contribution is -2.43. The van der Waals surface area contributed by atoms with Crippen LogP contribution >= 0.6 is 0 Å². The second-order valence-electron chi connectivity index (χ2n) is 5.44. The molecule has 0 aliphatic heterocycles. The zero-order chi connectivity index (χ0) is 18.2. The predicted molar refractivity (Wildman–Crippen MR) is 93.2 cm³/mol. The average molecular weight is 340 g/mol. The smallest absolute Gasteiger partial charge is 0.339 e. The number of carbonyl (C=O) groups excluding carboxylic acids is 3. The van der Waals surface area contributed by atoms with Crippen LogP contribution in [0.5, 0.6) is 0 Å². The molecule has 0 aliphatic carbocycles. The van der Waals surface area contributed by atoms with Crippen LogP contribution in [-0.4, -0.2) is 31.1 Å². The van der Waals surface area contributed by atoms with Crippen molar-refractivity contribution in [2.24, 2.45) is 0 Å². The van der Waals surface area contributed by atoms with E-state index in [1.165, 1.54) is 14.0 Å². The number of hydrogen-bond donors (Lipinski definition) is 2. The standard InChI is InChI=1S/C19H20N2O4/c1-13(17(22)21-19(24)20-2)25-18(23)16-11-7-6-10-15(16)12-14-8-4-3-5-9-14/h3-11,13H,12H2,1-2H3,(H2,20,21,22,24). The number of nitrogens with one attached hydrogen (secondary N) is 2. The lowest BCUT2D eigenvalue weighted by atomic mass is 10.00. The number of esters is 1. The number of amides is 3. The first-order valence-corrected chi connectivity index (χ1v) is 7.86. The largest absolute Gasteiger partial charge is 0.449 e. The van der Waals surface area contributed by atoms with Crippen LogP contribution in [-0.2, 0) is 16.0 Å². The number of rotatable bonds is 5. The maximum absolute atomic E-state index is 12.4. The van der Waals surface area contributed by atoms with E-state index in [9.17, 15) is 14.4 Å². The van der Waals surface area contributed by atoms with Crippen LogP contribution in [0.25, 0.3) is 0 Å². The van der Waals surface area contributed by atoms with E-state index in [0.717, 1.165) is 11.1 Å². The highest BCUT2D eigenvalue weighted by molar-refractivity contribution is 5.98. The molecule has 130 valence electrons. The minimum Gasteiger partial charge on any atom is -0.449 e. The van der Waals surface area contributed by atoms with Crippen molar-refractivity contribution < 1.29 is 19.1 Å². The molecule has 1 unspecified atom stereocenters. The minimum absolute atomic E-state index is 0.394. The molecule has 0 fully saturated rings. The summed E-state index contributed by atoms with van der Waals surface area (Å²) in [5, 5.41) is 4.34. The molecule has 0 radical (unpaired) electrons. The summed E-state index contributed by atoms with van der Waals surface area (Å²) in [6.45, 7) is 1.41. The average Bonchev–Trinajstić information content (AvgIpc) is 2.62. The van der Waals surface area contributed by atoms with E-state index >= 15 is 0 Å². The van der Waals surface area contributed by atoms with Gasteiger partial charge in [-0.3, -0.25) is 10.1 Å². The molecule has 0 saturated carbocycles. The van der Waals surface area contributed by atoms with E-state index in [0.29, 0.717) is 12.0 Å². The van der Waals surface area contributed by atoms with Gasteiger partial charge in [0, 0.05) is 7.05 Å². The van der Waals surface area contributed by atoms with Crippen LogP contribution in [0.2, 0.25) is 0 Å². The summed E-state index contributed by atoms with van der Waals surface area (Å²) in [5.74, 6) is -1.29. The molecule has 1 atom stereocenters. The Morgan fingerprint density at radius 1 is 1.00 bits per heavy atom. The zero-order valence-corrected chi connectivity index (χ0v) is 14.1. The zero-order valence-electron chi connectivity index (χ0n) is 14.1. The molecule has 2 rings (SSSR count). The predicted octanol–water partition coefficient (Wildman–Crippen LogP) is 2.28. The maximum atomic E-state index is 12.4. The van der Waals surface area contributed by atoms with Gasteiger partial charge >= 0.3 is 12.0 Å². The number of carbonyl (C=O) groups is 3. The lowest BCUT2D eigenvalue weighted by Gasteiger charge is -2.14. The molecule has 3 amide bonds. The topological polar surface area (TPSA) is 84.5 Å². The summed E-state index contributed by atoms with van der Waals surface area (Å²) >= 11 is 0. The molecular formula is C19H20N2O4. The Labute approximate surface area is 146 Å². The Kier molecular flexibility index (Phi) is 6.28. The Morgan fingerprint density at radius 3 is 2.32 bits per heavy atom. The highest BCUT2D eigenvalue weighted by Crippen LogP contribution is 2.16. The number of imide groups is 1. The van der Waals surface area contributed by atoms with Crippen molar-refractivity contribution in [3.05, 3.63) is 71.3 Å². The Hall–Kier alpha value is -3.15. The highest BCUT2D eigenvalue weighted by Gasteiger charge is 2.21. The summed E-state index contributed by atoms with van der Waals surface area (Å²) in [5.41, 5.74) is 2.26. The lowest BCUT2D eigenvalue weighted by molar-refractivity contribution is -0.127. The van der Waals surface area contributed by atoms with E-state index in [4.69, 9.17) is 4.74 Å². The van der Waals surface area contributed by atoms with Gasteiger partial charge in [-0.15, -0.1) is 0 Å². The Bertz CT molecular complexity index is 759. The third-order valence-corrected chi connectivity index (χ3v) is 3.59. The number of benzene rings is 2. The van der Waals surface area contributed by atoms with Gasteiger partial charge in [0.1, 0.15) is 0 Å². The van der Waals surface area contributed by atoms with Gasteiger partial charge in [-0.1, -0.05) is 48.5 Å². The van der Waals surface area contributed by atoms with Crippen molar-refractivity contribution in [1.29, 1.82) is 0 Å². The van der Waals surface area contributed by atoms with Gasteiger partial charge in [0.2, 0.25) is 0 Å². The van der Waals surface area contributed by atoms with Crippen LogP contribution in [0.1, 0.15) is 28.4 Å². The molecule has 0 heterocycles. The van der Waals surface area contributed by atoms with Crippen molar-refractivity contribution >= 4 is 17.9 Å². The number of urea groups is 1. The van der Waals surface area contributed by atoms with Crippen molar-refractivity contribution in [3.8, 4) is 0 Å². The second-order valence-corrected chi connectivity index (χ2v) is 5.44. The molecule has 6 heteroatoms. The fourth-order valence-electron chi connectivity index (χ4n) is 2.24. The highest BCUT2D eigenvalue weighted by atomic mass is 16.5. The molecule has 25 heavy (non-hydrogen) atoms. The summed E-state index contributed by atoms with van der Waals surface area (Å²) in [6.07, 6.45) is -0.514. The van der Waals surface area contributed by atoms with E-state index in [2.05, 4.69) is 10.6 Å². The van der Waals surface area contributed by atoms with E-state index in [1.54, 1.807) is 12.1 Å². The first-order chi connectivity index (χ1) is 12.0. The van der Waals surface area contributed by atoms with Gasteiger partial charge in [0.25, 0.3) is 5.91 Å². The van der Waals surface area contributed by atoms with Crippen molar-refractivity contribution in [1.82, 2.24) is 10.6 Å². The van der Waals surface area contributed by atoms with E-state index < -0.39 is 24.0 Å². The SMILES string of the molecule is CNC(=O)NC(=O)C(C)OC(=O)c1ccccc1Cc1ccccc1. The van der Waals surface area contributed by atoms with Gasteiger partial charge in [-0.25, -0.2) is 9.59 Å². The van der Waals surface area contributed by atoms with Gasteiger partial charge in [-0.2, -0.15) is 0 Å². The van der Waals surface area contributed by atoms with Gasteiger partial charge in [-0.05, 0) is 30.5 Å². The van der Waals surface area contributed by atoms with Crippen LogP contribution in [0.3, 0.4) is 0 Å². The van der Waals surface area contributed by atoms with Crippen LogP contribution < -0.4 is 10.6 Å². The number of hydrogen-bond acceptors (Lipinski definition) is 4. The monoisotopic (exact) mass is 340 g/mol. The van der Waals surface area contributed by atoms with E-state index in [-0.39, 0.29) is 0 Å². The minimum atomic E-state index is -1.09. The van der Waals surface area contributed by atoms with Gasteiger partial charge in [0.15, 0.2) is 6.10 Å². The summed E-state index contributed by atoms with van der Waals surface area (Å²) in [4.78, 5) is 35.4.